The summed E-state index contributed by atoms with van der Waals surface area (Å²) in [6.45, 7) is 0.916. The van der Waals surface area contributed by atoms with Crippen LogP contribution in [0.3, 0.4) is 0 Å². The molecule has 0 aliphatic carbocycles. The summed E-state index contributed by atoms with van der Waals surface area (Å²) in [7, 11) is 0. The molecule has 4 rings (SSSR count). The molecule has 1 unspecified atom stereocenters. The summed E-state index contributed by atoms with van der Waals surface area (Å²) in [5, 5.41) is 3.53. The van der Waals surface area contributed by atoms with E-state index in [1.807, 2.05) is 24.5 Å². The number of hydrogen-bond donors (Lipinski definition) is 1. The molecule has 1 aliphatic heterocycles. The first-order valence-electron chi connectivity index (χ1n) is 6.82. The fourth-order valence-electron chi connectivity index (χ4n) is 2.78. The van der Waals surface area contributed by atoms with Crippen molar-refractivity contribution in [1.82, 2.24) is 14.9 Å². The predicted molar refractivity (Wildman–Crippen MR) is 79.1 cm³/mol. The minimum atomic E-state index is 0.191. The Morgan fingerprint density at radius 3 is 2.70 bits per heavy atom. The van der Waals surface area contributed by atoms with E-state index in [4.69, 9.17) is 0 Å². The summed E-state index contributed by atoms with van der Waals surface area (Å²) in [5.41, 5.74) is 4.87. The normalized spacial score (nSPS) is 17.1. The van der Waals surface area contributed by atoms with Crippen molar-refractivity contribution in [3.63, 3.8) is 0 Å². The number of rotatable bonds is 2. The van der Waals surface area contributed by atoms with Gasteiger partial charge in [0.1, 0.15) is 6.17 Å². The van der Waals surface area contributed by atoms with Gasteiger partial charge in [-0.05, 0) is 11.1 Å². The van der Waals surface area contributed by atoms with Crippen LogP contribution in [0.15, 0.2) is 67.1 Å². The molecular formula is C17H15N3. The molecule has 0 radical (unpaired) electrons. The van der Waals surface area contributed by atoms with Crippen LogP contribution in [0.2, 0.25) is 0 Å². The lowest BCUT2D eigenvalue weighted by molar-refractivity contribution is 0.506. The van der Waals surface area contributed by atoms with Gasteiger partial charge in [-0.2, -0.15) is 0 Å². The van der Waals surface area contributed by atoms with E-state index in [2.05, 4.69) is 57.5 Å². The summed E-state index contributed by atoms with van der Waals surface area (Å²) < 4.78 is 2.15. The van der Waals surface area contributed by atoms with E-state index in [0.29, 0.717) is 0 Å². The second kappa shape index (κ2) is 4.62. The Bertz CT molecular complexity index is 731. The maximum Gasteiger partial charge on any atom is 0.111 e. The van der Waals surface area contributed by atoms with Crippen LogP contribution in [-0.4, -0.2) is 9.55 Å². The first-order chi connectivity index (χ1) is 9.92. The highest BCUT2D eigenvalue weighted by Crippen LogP contribution is 2.27. The van der Waals surface area contributed by atoms with Gasteiger partial charge < -0.3 is 4.57 Å². The van der Waals surface area contributed by atoms with Gasteiger partial charge >= 0.3 is 0 Å². The number of hydrogen-bond acceptors (Lipinski definition) is 2. The smallest absolute Gasteiger partial charge is 0.111 e. The molecule has 1 N–H and O–H groups in total. The van der Waals surface area contributed by atoms with Gasteiger partial charge in [0.15, 0.2) is 0 Å². The molecule has 3 aromatic rings. The van der Waals surface area contributed by atoms with Crippen LogP contribution in [-0.2, 0) is 6.54 Å². The monoisotopic (exact) mass is 261 g/mol. The maximum absolute atomic E-state index is 4.53. The van der Waals surface area contributed by atoms with Crippen molar-refractivity contribution in [2.45, 2.75) is 12.7 Å². The Hall–Kier alpha value is -2.39. The Labute approximate surface area is 117 Å². The van der Waals surface area contributed by atoms with Gasteiger partial charge in [0.2, 0.25) is 0 Å². The van der Waals surface area contributed by atoms with E-state index >= 15 is 0 Å². The molecule has 1 atom stereocenters. The lowest BCUT2D eigenvalue weighted by Crippen LogP contribution is -2.19. The summed E-state index contributed by atoms with van der Waals surface area (Å²) in [6.07, 6.45) is 4.20. The Kier molecular flexibility index (Phi) is 2.64. The van der Waals surface area contributed by atoms with Crippen LogP contribution in [0.4, 0.5) is 0 Å². The van der Waals surface area contributed by atoms with E-state index < -0.39 is 0 Å². The molecule has 0 saturated heterocycles. The SMILES string of the molecule is c1ccc(-c2cn(C3NCc4ccccc43)cn2)cc1. The Morgan fingerprint density at radius 1 is 1.00 bits per heavy atom. The van der Waals surface area contributed by atoms with Crippen LogP contribution >= 0.6 is 0 Å². The van der Waals surface area contributed by atoms with E-state index in [1.54, 1.807) is 0 Å². The van der Waals surface area contributed by atoms with Gasteiger partial charge in [0, 0.05) is 18.3 Å². The van der Waals surface area contributed by atoms with Gasteiger partial charge in [-0.25, -0.2) is 4.98 Å². The zero-order valence-electron chi connectivity index (χ0n) is 11.0. The van der Waals surface area contributed by atoms with Crippen molar-refractivity contribution < 1.29 is 0 Å². The topological polar surface area (TPSA) is 29.9 Å². The molecule has 0 bridgehead atoms. The molecule has 0 saturated carbocycles. The van der Waals surface area contributed by atoms with Crippen molar-refractivity contribution in [2.75, 3.05) is 0 Å². The molecule has 3 heteroatoms. The molecule has 0 amide bonds. The zero-order valence-corrected chi connectivity index (χ0v) is 11.0. The number of fused-ring (bicyclic) bond motifs is 1. The largest absolute Gasteiger partial charge is 0.317 e. The third kappa shape index (κ3) is 1.84. The molecule has 3 nitrogen and oxygen atoms in total. The molecule has 2 heterocycles. The van der Waals surface area contributed by atoms with Crippen molar-refractivity contribution in [3.8, 4) is 11.3 Å². The number of nitrogens with one attached hydrogen (secondary N) is 1. The fraction of sp³-hybridized carbons (Fsp3) is 0.118. The standard InChI is InChI=1S/C17H15N3/c1-2-6-13(7-3-1)16-11-20(12-19-16)17-15-9-5-4-8-14(15)10-18-17/h1-9,11-12,17-18H,10H2. The minimum Gasteiger partial charge on any atom is -0.317 e. The first kappa shape index (κ1) is 11.4. The quantitative estimate of drug-likeness (QED) is 0.767. The molecule has 1 aliphatic rings. The number of benzene rings is 2. The van der Waals surface area contributed by atoms with Crippen LogP contribution in [0.1, 0.15) is 17.3 Å². The zero-order chi connectivity index (χ0) is 13.4. The highest BCUT2D eigenvalue weighted by atomic mass is 15.2. The lowest BCUT2D eigenvalue weighted by Gasteiger charge is -2.13. The first-order valence-corrected chi connectivity index (χ1v) is 6.82. The molecular weight excluding hydrogens is 246 g/mol. The third-order valence-electron chi connectivity index (χ3n) is 3.80. The molecule has 20 heavy (non-hydrogen) atoms. The summed E-state index contributed by atoms with van der Waals surface area (Å²) in [6, 6.07) is 18.8. The van der Waals surface area contributed by atoms with Crippen LogP contribution in [0.5, 0.6) is 0 Å². The van der Waals surface area contributed by atoms with Crippen molar-refractivity contribution >= 4 is 0 Å². The second-order valence-corrected chi connectivity index (χ2v) is 5.05. The van der Waals surface area contributed by atoms with Crippen molar-refractivity contribution in [3.05, 3.63) is 78.2 Å². The number of aromatic nitrogens is 2. The van der Waals surface area contributed by atoms with Gasteiger partial charge in [-0.1, -0.05) is 54.6 Å². The van der Waals surface area contributed by atoms with Gasteiger partial charge in [-0.15, -0.1) is 0 Å². The minimum absolute atomic E-state index is 0.191. The van der Waals surface area contributed by atoms with Crippen LogP contribution < -0.4 is 5.32 Å². The van der Waals surface area contributed by atoms with E-state index in [-0.39, 0.29) is 6.17 Å². The molecule has 0 fully saturated rings. The van der Waals surface area contributed by atoms with E-state index in [0.717, 1.165) is 17.8 Å². The fourth-order valence-corrected chi connectivity index (χ4v) is 2.78. The molecule has 98 valence electrons. The second-order valence-electron chi connectivity index (χ2n) is 5.05. The van der Waals surface area contributed by atoms with Crippen LogP contribution in [0.25, 0.3) is 11.3 Å². The summed E-state index contributed by atoms with van der Waals surface area (Å²) in [5.74, 6) is 0. The van der Waals surface area contributed by atoms with Crippen LogP contribution in [0, 0.1) is 0 Å². The van der Waals surface area contributed by atoms with E-state index in [1.165, 1.54) is 11.1 Å². The van der Waals surface area contributed by atoms with E-state index in [9.17, 15) is 0 Å². The molecule has 1 aromatic heterocycles. The molecule has 2 aromatic carbocycles. The predicted octanol–water partition coefficient (Wildman–Crippen LogP) is 3.20. The maximum atomic E-state index is 4.53. The Morgan fingerprint density at radius 2 is 1.80 bits per heavy atom. The average Bonchev–Trinajstić information content (AvgIpc) is 3.14. The summed E-state index contributed by atoms with van der Waals surface area (Å²) >= 11 is 0. The Balaban J connectivity index is 1.70. The highest BCUT2D eigenvalue weighted by molar-refractivity contribution is 5.57. The lowest BCUT2D eigenvalue weighted by atomic mass is 10.1. The van der Waals surface area contributed by atoms with Gasteiger partial charge in [0.05, 0.1) is 12.0 Å². The van der Waals surface area contributed by atoms with Crippen molar-refractivity contribution in [2.24, 2.45) is 0 Å². The number of imidazole rings is 1. The third-order valence-corrected chi connectivity index (χ3v) is 3.80. The highest BCUT2D eigenvalue weighted by Gasteiger charge is 2.22. The molecule has 0 spiro atoms. The summed E-state index contributed by atoms with van der Waals surface area (Å²) in [4.78, 5) is 4.53. The van der Waals surface area contributed by atoms with Crippen molar-refractivity contribution in [1.29, 1.82) is 0 Å². The average molecular weight is 261 g/mol. The van der Waals surface area contributed by atoms with Gasteiger partial charge in [0.25, 0.3) is 0 Å². The van der Waals surface area contributed by atoms with Gasteiger partial charge in [-0.3, -0.25) is 5.32 Å². The number of nitrogens with zero attached hydrogens (tertiary/aromatic N) is 2.